The predicted molar refractivity (Wildman–Crippen MR) is 88.6 cm³/mol. The van der Waals surface area contributed by atoms with E-state index in [2.05, 4.69) is 28.5 Å². The lowest BCUT2D eigenvalue weighted by Gasteiger charge is -2.19. The zero-order valence-electron chi connectivity index (χ0n) is 13.7. The number of hydrogen-bond acceptors (Lipinski definition) is 4. The summed E-state index contributed by atoms with van der Waals surface area (Å²) in [7, 11) is 0. The van der Waals surface area contributed by atoms with Gasteiger partial charge in [0.05, 0.1) is 6.04 Å². The lowest BCUT2D eigenvalue weighted by molar-refractivity contribution is 0.0851. The number of oxazole rings is 1. The van der Waals surface area contributed by atoms with Crippen LogP contribution in [0.2, 0.25) is 0 Å². The maximum absolute atomic E-state index is 12.8. The number of rotatable bonds is 3. The predicted octanol–water partition coefficient (Wildman–Crippen LogP) is 3.72. The SMILES string of the molecule is O=C(N[C@H]1CCCCc2ccccc21)c1ncoc1[C@H]1CCCO1. The van der Waals surface area contributed by atoms with Gasteiger partial charge in [0.15, 0.2) is 17.8 Å². The van der Waals surface area contributed by atoms with Crippen molar-refractivity contribution in [1.29, 1.82) is 0 Å². The molecule has 126 valence electrons. The molecule has 1 fully saturated rings. The van der Waals surface area contributed by atoms with Gasteiger partial charge in [0.2, 0.25) is 0 Å². The van der Waals surface area contributed by atoms with Gasteiger partial charge in [-0.15, -0.1) is 0 Å². The van der Waals surface area contributed by atoms with E-state index in [1.807, 2.05) is 6.07 Å². The summed E-state index contributed by atoms with van der Waals surface area (Å²) < 4.78 is 11.1. The standard InChI is InChI=1S/C19H22N2O3/c22-19(17-18(24-12-20-17)16-10-5-11-23-16)21-15-9-4-2-7-13-6-1-3-8-14(13)15/h1,3,6,8,12,15-16H,2,4-5,7,9-11H2,(H,21,22)/t15-,16+/m0/s1. The number of fused-ring (bicyclic) bond motifs is 1. The lowest BCUT2D eigenvalue weighted by Crippen LogP contribution is -2.30. The monoisotopic (exact) mass is 326 g/mol. The molecule has 5 heteroatoms. The Balaban J connectivity index is 1.55. The molecule has 2 atom stereocenters. The Morgan fingerprint density at radius 3 is 2.96 bits per heavy atom. The first-order valence-electron chi connectivity index (χ1n) is 8.76. The third kappa shape index (κ3) is 2.96. The van der Waals surface area contributed by atoms with Gasteiger partial charge >= 0.3 is 0 Å². The van der Waals surface area contributed by atoms with Crippen LogP contribution in [0.25, 0.3) is 0 Å². The smallest absolute Gasteiger partial charge is 0.274 e. The second-order valence-electron chi connectivity index (χ2n) is 6.54. The van der Waals surface area contributed by atoms with Crippen LogP contribution in [0.3, 0.4) is 0 Å². The molecule has 2 heterocycles. The highest BCUT2D eigenvalue weighted by molar-refractivity contribution is 5.93. The third-order valence-electron chi connectivity index (χ3n) is 4.96. The second-order valence-corrected chi connectivity index (χ2v) is 6.54. The molecule has 1 amide bonds. The summed E-state index contributed by atoms with van der Waals surface area (Å²) >= 11 is 0. The average molecular weight is 326 g/mol. The molecular weight excluding hydrogens is 304 g/mol. The summed E-state index contributed by atoms with van der Waals surface area (Å²) in [4.78, 5) is 16.9. The third-order valence-corrected chi connectivity index (χ3v) is 4.96. The molecule has 5 nitrogen and oxygen atoms in total. The van der Waals surface area contributed by atoms with E-state index in [0.29, 0.717) is 18.1 Å². The van der Waals surface area contributed by atoms with Crippen LogP contribution in [-0.2, 0) is 11.2 Å². The van der Waals surface area contributed by atoms with E-state index in [4.69, 9.17) is 9.15 Å². The van der Waals surface area contributed by atoms with E-state index in [1.54, 1.807) is 0 Å². The summed E-state index contributed by atoms with van der Waals surface area (Å²) in [5.41, 5.74) is 2.92. The Bertz CT molecular complexity index is 719. The molecule has 1 aromatic carbocycles. The van der Waals surface area contributed by atoms with Crippen LogP contribution >= 0.6 is 0 Å². The van der Waals surface area contributed by atoms with Gasteiger partial charge in [-0.05, 0) is 43.2 Å². The van der Waals surface area contributed by atoms with Gasteiger partial charge in [-0.2, -0.15) is 0 Å². The van der Waals surface area contributed by atoms with Gasteiger partial charge in [0, 0.05) is 6.61 Å². The molecule has 1 N–H and O–H groups in total. The van der Waals surface area contributed by atoms with Crippen molar-refractivity contribution < 1.29 is 13.9 Å². The minimum absolute atomic E-state index is 0.0326. The van der Waals surface area contributed by atoms with Gasteiger partial charge < -0.3 is 14.5 Å². The second kappa shape index (κ2) is 6.77. The Kier molecular flexibility index (Phi) is 4.34. The van der Waals surface area contributed by atoms with Crippen molar-refractivity contribution in [2.24, 2.45) is 0 Å². The van der Waals surface area contributed by atoms with Crippen LogP contribution in [0, 0.1) is 0 Å². The number of carbonyl (C=O) groups is 1. The highest BCUT2D eigenvalue weighted by atomic mass is 16.5. The van der Waals surface area contributed by atoms with Crippen molar-refractivity contribution in [3.05, 3.63) is 53.2 Å². The van der Waals surface area contributed by atoms with Gasteiger partial charge in [0.25, 0.3) is 5.91 Å². The van der Waals surface area contributed by atoms with Crippen molar-refractivity contribution in [1.82, 2.24) is 10.3 Å². The lowest BCUT2D eigenvalue weighted by atomic mass is 9.99. The number of nitrogens with one attached hydrogen (secondary N) is 1. The quantitative estimate of drug-likeness (QED) is 0.873. The molecule has 1 aliphatic heterocycles. The fourth-order valence-corrected chi connectivity index (χ4v) is 3.74. The Morgan fingerprint density at radius 1 is 1.17 bits per heavy atom. The summed E-state index contributed by atoms with van der Waals surface area (Å²) in [5, 5.41) is 3.16. The van der Waals surface area contributed by atoms with E-state index >= 15 is 0 Å². The Labute approximate surface area is 141 Å². The molecule has 1 aliphatic carbocycles. The topological polar surface area (TPSA) is 64.4 Å². The fraction of sp³-hybridized carbons (Fsp3) is 0.474. The van der Waals surface area contributed by atoms with E-state index in [-0.39, 0.29) is 18.1 Å². The molecular formula is C19H22N2O3. The largest absolute Gasteiger partial charge is 0.445 e. The number of carbonyl (C=O) groups excluding carboxylic acids is 1. The molecule has 1 aromatic heterocycles. The zero-order valence-corrected chi connectivity index (χ0v) is 13.7. The molecule has 1 saturated heterocycles. The molecule has 4 rings (SSSR count). The summed E-state index contributed by atoms with van der Waals surface area (Å²) in [6.45, 7) is 0.711. The van der Waals surface area contributed by atoms with Gasteiger partial charge in [-0.1, -0.05) is 30.7 Å². The highest BCUT2D eigenvalue weighted by Gasteiger charge is 2.29. The number of amides is 1. The molecule has 0 spiro atoms. The minimum atomic E-state index is -0.170. The van der Waals surface area contributed by atoms with Crippen LogP contribution in [-0.4, -0.2) is 17.5 Å². The van der Waals surface area contributed by atoms with E-state index in [9.17, 15) is 4.79 Å². The first-order valence-corrected chi connectivity index (χ1v) is 8.76. The minimum Gasteiger partial charge on any atom is -0.445 e. The molecule has 0 bridgehead atoms. The van der Waals surface area contributed by atoms with Crippen molar-refractivity contribution in [3.8, 4) is 0 Å². The Morgan fingerprint density at radius 2 is 2.08 bits per heavy atom. The van der Waals surface area contributed by atoms with Crippen LogP contribution in [0.1, 0.15) is 71.6 Å². The van der Waals surface area contributed by atoms with Gasteiger partial charge in [0.1, 0.15) is 6.10 Å². The molecule has 0 saturated carbocycles. The summed E-state index contributed by atoms with van der Waals surface area (Å²) in [5.74, 6) is 0.392. The fourth-order valence-electron chi connectivity index (χ4n) is 3.74. The number of aromatic nitrogens is 1. The number of ether oxygens (including phenoxy) is 1. The zero-order chi connectivity index (χ0) is 16.4. The Hall–Kier alpha value is -2.14. The van der Waals surface area contributed by atoms with Crippen LogP contribution in [0.5, 0.6) is 0 Å². The number of hydrogen-bond donors (Lipinski definition) is 1. The van der Waals surface area contributed by atoms with E-state index in [1.165, 1.54) is 17.5 Å². The maximum atomic E-state index is 12.8. The first kappa shape index (κ1) is 15.4. The summed E-state index contributed by atoms with van der Waals surface area (Å²) in [6.07, 6.45) is 7.36. The van der Waals surface area contributed by atoms with Gasteiger partial charge in [-0.25, -0.2) is 4.98 Å². The van der Waals surface area contributed by atoms with Crippen molar-refractivity contribution in [2.75, 3.05) is 6.61 Å². The summed E-state index contributed by atoms with van der Waals surface area (Å²) in [6, 6.07) is 8.42. The van der Waals surface area contributed by atoms with Crippen molar-refractivity contribution >= 4 is 5.91 Å². The van der Waals surface area contributed by atoms with Crippen molar-refractivity contribution in [2.45, 2.75) is 50.7 Å². The molecule has 24 heavy (non-hydrogen) atoms. The van der Waals surface area contributed by atoms with E-state index in [0.717, 1.165) is 38.5 Å². The van der Waals surface area contributed by atoms with Crippen LogP contribution < -0.4 is 5.32 Å². The average Bonchev–Trinajstić information content (AvgIpc) is 3.25. The molecule has 0 unspecified atom stereocenters. The normalized spacial score (nSPS) is 23.5. The van der Waals surface area contributed by atoms with Crippen LogP contribution in [0.15, 0.2) is 35.1 Å². The van der Waals surface area contributed by atoms with Crippen molar-refractivity contribution in [3.63, 3.8) is 0 Å². The number of nitrogens with zero attached hydrogens (tertiary/aromatic N) is 1. The molecule has 2 aliphatic rings. The number of benzene rings is 1. The number of aryl methyl sites for hydroxylation is 1. The van der Waals surface area contributed by atoms with E-state index < -0.39 is 0 Å². The molecule has 0 radical (unpaired) electrons. The van der Waals surface area contributed by atoms with Gasteiger partial charge in [-0.3, -0.25) is 4.79 Å². The molecule has 2 aromatic rings. The first-order chi connectivity index (χ1) is 11.8. The maximum Gasteiger partial charge on any atom is 0.274 e. The highest BCUT2D eigenvalue weighted by Crippen LogP contribution is 2.32. The van der Waals surface area contributed by atoms with Crippen LogP contribution in [0.4, 0.5) is 0 Å².